The van der Waals surface area contributed by atoms with Crippen LogP contribution in [0.15, 0.2) is 24.8 Å². The van der Waals surface area contributed by atoms with Crippen molar-refractivity contribution in [3.8, 4) is 10.7 Å². The van der Waals surface area contributed by atoms with Gasteiger partial charge < -0.3 is 15.6 Å². The number of amides is 2. The molecule has 0 spiro atoms. The highest BCUT2D eigenvalue weighted by Gasteiger charge is 2.24. The molecule has 3 N–H and O–H groups in total. The first-order valence-corrected chi connectivity index (χ1v) is 8.80. The van der Waals surface area contributed by atoms with Crippen LogP contribution in [-0.2, 0) is 11.2 Å². The maximum absolute atomic E-state index is 12.7. The van der Waals surface area contributed by atoms with Gasteiger partial charge in [-0.3, -0.25) is 9.59 Å². The largest absolute Gasteiger partial charge is 0.344 e. The normalized spacial score (nSPS) is 13.9. The van der Waals surface area contributed by atoms with Crippen LogP contribution in [-0.4, -0.2) is 36.1 Å². The van der Waals surface area contributed by atoms with E-state index in [0.717, 1.165) is 16.4 Å². The molecule has 0 saturated carbocycles. The lowest BCUT2D eigenvalue weighted by atomic mass is 10.0. The van der Waals surface area contributed by atoms with Crippen LogP contribution < -0.4 is 10.6 Å². The van der Waals surface area contributed by atoms with Crippen LogP contribution in [0.3, 0.4) is 0 Å². The van der Waals surface area contributed by atoms with Crippen LogP contribution in [0.5, 0.6) is 0 Å². The van der Waals surface area contributed by atoms with Gasteiger partial charge in [0, 0.05) is 24.4 Å². The number of imidazole rings is 1. The van der Waals surface area contributed by atoms with E-state index in [4.69, 9.17) is 0 Å². The fourth-order valence-electron chi connectivity index (χ4n) is 2.73. The summed E-state index contributed by atoms with van der Waals surface area (Å²) in [5.74, 6) is 0.722. The Labute approximate surface area is 159 Å². The number of aromatic amines is 1. The zero-order chi connectivity index (χ0) is 18.1. The summed E-state index contributed by atoms with van der Waals surface area (Å²) in [7, 11) is 0. The van der Waals surface area contributed by atoms with Gasteiger partial charge in [0.15, 0.2) is 0 Å². The van der Waals surface area contributed by atoms with Crippen molar-refractivity contribution in [3.63, 3.8) is 0 Å². The maximum atomic E-state index is 12.7. The minimum atomic E-state index is -0.320. The number of carbonyl (C=O) groups is 2. The first-order chi connectivity index (χ1) is 12.6. The highest BCUT2D eigenvalue weighted by molar-refractivity contribution is 7.09. The molecular weight excluding hydrogens is 366 g/mol. The molecule has 0 aromatic carbocycles. The van der Waals surface area contributed by atoms with E-state index < -0.39 is 0 Å². The van der Waals surface area contributed by atoms with E-state index in [2.05, 4.69) is 34.9 Å². The van der Waals surface area contributed by atoms with Gasteiger partial charge in [-0.15, -0.1) is 0 Å². The van der Waals surface area contributed by atoms with E-state index in [-0.39, 0.29) is 31.0 Å². The molecule has 1 aliphatic heterocycles. The number of rotatable bonds is 4. The second kappa shape index (κ2) is 7.62. The second-order valence-electron chi connectivity index (χ2n) is 5.85. The summed E-state index contributed by atoms with van der Waals surface area (Å²) in [6.45, 7) is 1.86. The van der Waals surface area contributed by atoms with Crippen LogP contribution in [0.2, 0.25) is 0 Å². The van der Waals surface area contributed by atoms with Crippen molar-refractivity contribution in [1.82, 2.24) is 29.6 Å². The molecule has 4 rings (SSSR count). The van der Waals surface area contributed by atoms with Crippen LogP contribution >= 0.6 is 11.5 Å². The number of hydrogen-bond donors (Lipinski definition) is 3. The number of fused-ring (bicyclic) bond motifs is 1. The van der Waals surface area contributed by atoms with Crippen molar-refractivity contribution < 1.29 is 9.59 Å². The van der Waals surface area contributed by atoms with E-state index in [9.17, 15) is 9.59 Å². The monoisotopic (exact) mass is 385 g/mol. The van der Waals surface area contributed by atoms with Gasteiger partial charge in [-0.25, -0.2) is 15.0 Å². The fourth-order valence-corrected chi connectivity index (χ4v) is 3.52. The molecule has 140 valence electrons. The van der Waals surface area contributed by atoms with Crippen molar-refractivity contribution in [2.45, 2.75) is 33.2 Å². The Hall–Kier alpha value is -3.14. The topological polar surface area (TPSA) is 126 Å². The number of anilines is 1. The predicted octanol–water partition coefficient (Wildman–Crippen LogP) is 2.33. The molecule has 0 aliphatic carbocycles. The maximum Gasteiger partial charge on any atom is 0.270 e. The molecule has 0 radical (unpaired) electrons. The predicted molar refractivity (Wildman–Crippen MR) is 101 cm³/mol. The Morgan fingerprint density at radius 2 is 2.15 bits per heavy atom. The number of nitrogens with one attached hydrogen (secondary N) is 3. The standard InChI is InChI=1S/C16H15N7O2S.CH4/c1-8(10-6-11(26-23-10)15-17-4-5-18-15)21-16(25)13-9-2-3-12(24)22-14(9)20-7-19-13;/h4-8H,2-3H2,1H3,(H,17,18)(H,21,25)(H,19,20,22,24);1H4/t8-;/m1./s1. The molecule has 3 aromatic rings. The van der Waals surface area contributed by atoms with Gasteiger partial charge in [-0.05, 0) is 30.9 Å². The third kappa shape index (κ3) is 3.70. The third-order valence-electron chi connectivity index (χ3n) is 4.07. The number of carbonyl (C=O) groups excluding carboxylic acids is 2. The molecule has 4 heterocycles. The SMILES string of the molecule is C.C[C@@H](NC(=O)c1ncnc2c1CCC(=O)N2)c1cc(-c2ncc[nH]2)sn1. The summed E-state index contributed by atoms with van der Waals surface area (Å²) in [5.41, 5.74) is 1.68. The summed E-state index contributed by atoms with van der Waals surface area (Å²) in [6, 6.07) is 1.59. The minimum Gasteiger partial charge on any atom is -0.344 e. The van der Waals surface area contributed by atoms with Crippen molar-refractivity contribution in [3.05, 3.63) is 41.7 Å². The summed E-state index contributed by atoms with van der Waals surface area (Å²) < 4.78 is 4.39. The highest BCUT2D eigenvalue weighted by atomic mass is 32.1. The Morgan fingerprint density at radius 3 is 2.93 bits per heavy atom. The molecule has 2 amide bonds. The van der Waals surface area contributed by atoms with Crippen LogP contribution in [0.25, 0.3) is 10.7 Å². The van der Waals surface area contributed by atoms with Crippen molar-refractivity contribution in [2.75, 3.05) is 5.32 Å². The first-order valence-electron chi connectivity index (χ1n) is 8.03. The van der Waals surface area contributed by atoms with Gasteiger partial charge in [-0.1, -0.05) is 7.43 Å². The number of H-pyrrole nitrogens is 1. The summed E-state index contributed by atoms with van der Waals surface area (Å²) in [5, 5.41) is 5.57. The third-order valence-corrected chi connectivity index (χ3v) is 4.88. The molecule has 3 aromatic heterocycles. The lowest BCUT2D eigenvalue weighted by Crippen LogP contribution is -2.31. The van der Waals surface area contributed by atoms with Crippen molar-refractivity contribution in [1.29, 1.82) is 0 Å². The smallest absolute Gasteiger partial charge is 0.270 e. The Morgan fingerprint density at radius 1 is 1.30 bits per heavy atom. The van der Waals surface area contributed by atoms with E-state index in [0.29, 0.717) is 24.2 Å². The molecule has 1 aliphatic rings. The molecule has 0 unspecified atom stereocenters. The Kier molecular flexibility index (Phi) is 5.26. The van der Waals surface area contributed by atoms with E-state index >= 15 is 0 Å². The van der Waals surface area contributed by atoms with Gasteiger partial charge in [0.2, 0.25) is 5.91 Å². The zero-order valence-electron chi connectivity index (χ0n) is 13.8. The fraction of sp³-hybridized carbons (Fsp3) is 0.294. The first kappa shape index (κ1) is 18.6. The van der Waals surface area contributed by atoms with Crippen molar-refractivity contribution in [2.24, 2.45) is 0 Å². The van der Waals surface area contributed by atoms with Gasteiger partial charge in [0.25, 0.3) is 5.91 Å². The molecule has 1 atom stereocenters. The summed E-state index contributed by atoms with van der Waals surface area (Å²) in [4.78, 5) is 40.4. The molecule has 0 saturated heterocycles. The van der Waals surface area contributed by atoms with Crippen molar-refractivity contribution >= 4 is 29.2 Å². The Balaban J connectivity index is 0.00000210. The Bertz CT molecular complexity index is 968. The number of nitrogens with zero attached hydrogens (tertiary/aromatic N) is 4. The van der Waals surface area contributed by atoms with Gasteiger partial charge in [0.05, 0.1) is 16.6 Å². The molecule has 0 fully saturated rings. The molecule has 9 nitrogen and oxygen atoms in total. The molecule has 0 bridgehead atoms. The van der Waals surface area contributed by atoms with E-state index in [1.165, 1.54) is 17.9 Å². The highest BCUT2D eigenvalue weighted by Crippen LogP contribution is 2.25. The average Bonchev–Trinajstić information content (AvgIpc) is 3.32. The van der Waals surface area contributed by atoms with E-state index in [1.807, 2.05) is 13.0 Å². The van der Waals surface area contributed by atoms with E-state index in [1.54, 1.807) is 12.4 Å². The number of hydrogen-bond acceptors (Lipinski definition) is 7. The quantitative estimate of drug-likeness (QED) is 0.633. The molecule has 10 heteroatoms. The molecule has 27 heavy (non-hydrogen) atoms. The van der Waals surface area contributed by atoms with Crippen LogP contribution in [0.4, 0.5) is 5.82 Å². The second-order valence-corrected chi connectivity index (χ2v) is 6.65. The van der Waals surface area contributed by atoms with Gasteiger partial charge in [-0.2, -0.15) is 4.37 Å². The van der Waals surface area contributed by atoms with Crippen LogP contribution in [0.1, 0.15) is 48.6 Å². The van der Waals surface area contributed by atoms with Crippen LogP contribution in [0, 0.1) is 0 Å². The average molecular weight is 385 g/mol. The lowest BCUT2D eigenvalue weighted by Gasteiger charge is -2.18. The zero-order valence-corrected chi connectivity index (χ0v) is 14.6. The number of aromatic nitrogens is 5. The van der Waals surface area contributed by atoms with Gasteiger partial charge in [0.1, 0.15) is 23.7 Å². The summed E-state index contributed by atoms with van der Waals surface area (Å²) in [6.07, 6.45) is 5.46. The summed E-state index contributed by atoms with van der Waals surface area (Å²) >= 11 is 1.31. The molecular formula is C17H19N7O2S. The lowest BCUT2D eigenvalue weighted by molar-refractivity contribution is -0.116. The minimum absolute atomic E-state index is 0. The van der Waals surface area contributed by atoms with Gasteiger partial charge >= 0.3 is 0 Å².